The maximum Gasteiger partial charge on any atom is 0.307 e. The van der Waals surface area contributed by atoms with E-state index in [0.717, 1.165) is 16.0 Å². The average Bonchev–Trinajstić information content (AvgIpc) is 3.05. The van der Waals surface area contributed by atoms with Crippen LogP contribution in [-0.4, -0.2) is 30.0 Å². The molecule has 3 rings (SSSR count). The highest BCUT2D eigenvalue weighted by atomic mass is 32.2. The lowest BCUT2D eigenvalue weighted by molar-refractivity contribution is -0.145. The maximum atomic E-state index is 11.0. The number of rotatable bonds is 6. The second-order valence-corrected chi connectivity index (χ2v) is 6.30. The molecule has 1 N–H and O–H groups in total. The zero-order chi connectivity index (χ0) is 16.1. The summed E-state index contributed by atoms with van der Waals surface area (Å²) in [6, 6.07) is 17.4. The summed E-state index contributed by atoms with van der Waals surface area (Å²) >= 11 is 1.57. The average molecular weight is 330 g/mol. The Labute approximate surface area is 139 Å². The van der Waals surface area contributed by atoms with Gasteiger partial charge in [0.1, 0.15) is 0 Å². The van der Waals surface area contributed by atoms with Crippen molar-refractivity contribution in [2.24, 2.45) is 0 Å². The Kier molecular flexibility index (Phi) is 5.00. The minimum atomic E-state index is -0.829. The van der Waals surface area contributed by atoms with Crippen molar-refractivity contribution in [2.45, 2.75) is 17.1 Å². The zero-order valence-electron chi connectivity index (χ0n) is 12.6. The highest BCUT2D eigenvalue weighted by Gasteiger charge is 2.38. The molecule has 0 aliphatic carbocycles. The summed E-state index contributed by atoms with van der Waals surface area (Å²) in [5.74, 6) is -1.01. The van der Waals surface area contributed by atoms with Crippen molar-refractivity contribution in [1.29, 1.82) is 0 Å². The highest BCUT2D eigenvalue weighted by molar-refractivity contribution is 7.99. The molecule has 0 atom stereocenters. The highest BCUT2D eigenvalue weighted by Crippen LogP contribution is 2.37. The van der Waals surface area contributed by atoms with E-state index in [2.05, 4.69) is 0 Å². The molecule has 0 unspecified atom stereocenters. The Morgan fingerprint density at radius 1 is 1.04 bits per heavy atom. The van der Waals surface area contributed by atoms with Gasteiger partial charge in [0.25, 0.3) is 0 Å². The van der Waals surface area contributed by atoms with E-state index in [4.69, 9.17) is 14.6 Å². The smallest absolute Gasteiger partial charge is 0.307 e. The topological polar surface area (TPSA) is 55.8 Å². The molecule has 120 valence electrons. The van der Waals surface area contributed by atoms with Gasteiger partial charge >= 0.3 is 5.97 Å². The molecule has 1 saturated heterocycles. The molecule has 4 nitrogen and oxygen atoms in total. The van der Waals surface area contributed by atoms with E-state index in [9.17, 15) is 4.79 Å². The van der Waals surface area contributed by atoms with Crippen molar-refractivity contribution < 1.29 is 19.4 Å². The van der Waals surface area contributed by atoms with E-state index in [-0.39, 0.29) is 6.42 Å². The molecule has 1 aliphatic rings. The lowest BCUT2D eigenvalue weighted by Crippen LogP contribution is -2.30. The molecule has 2 aromatic rings. The summed E-state index contributed by atoms with van der Waals surface area (Å²) in [7, 11) is 0. The summed E-state index contributed by atoms with van der Waals surface area (Å²) in [5.41, 5.74) is 1.80. The van der Waals surface area contributed by atoms with Crippen molar-refractivity contribution >= 4 is 17.7 Å². The Morgan fingerprint density at radius 2 is 1.70 bits per heavy atom. The number of thioether (sulfide) groups is 1. The fourth-order valence-corrected chi connectivity index (χ4v) is 3.79. The molecule has 0 saturated carbocycles. The van der Waals surface area contributed by atoms with Crippen molar-refractivity contribution in [3.8, 4) is 0 Å². The third-order valence-electron chi connectivity index (χ3n) is 3.70. The standard InChI is InChI=1S/C18H18O4S/c19-17(20)12-14-6-4-5-9-16(14)23-13-18(21-10-11-22-18)15-7-2-1-3-8-15/h1-9H,10-13H2,(H,19,20). The number of carbonyl (C=O) groups is 1. The molecule has 1 aliphatic heterocycles. The van der Waals surface area contributed by atoms with Gasteiger partial charge in [-0.1, -0.05) is 48.5 Å². The van der Waals surface area contributed by atoms with E-state index >= 15 is 0 Å². The van der Waals surface area contributed by atoms with E-state index in [1.807, 2.05) is 54.6 Å². The fourth-order valence-electron chi connectivity index (χ4n) is 2.61. The summed E-state index contributed by atoms with van der Waals surface area (Å²) < 4.78 is 11.8. The SMILES string of the molecule is O=C(O)Cc1ccccc1SCC1(c2ccccc2)OCCO1. The predicted molar refractivity (Wildman–Crippen MR) is 88.5 cm³/mol. The summed E-state index contributed by atoms with van der Waals surface area (Å²) in [6.45, 7) is 1.12. The molecule has 23 heavy (non-hydrogen) atoms. The van der Waals surface area contributed by atoms with E-state index < -0.39 is 11.8 Å². The summed E-state index contributed by atoms with van der Waals surface area (Å²) in [4.78, 5) is 12.0. The first-order chi connectivity index (χ1) is 11.2. The predicted octanol–water partition coefficient (Wildman–Crippen LogP) is 3.31. The molecular formula is C18H18O4S. The van der Waals surface area contributed by atoms with Crippen LogP contribution < -0.4 is 0 Å². The Hall–Kier alpha value is -1.82. The number of aliphatic carboxylic acids is 1. The van der Waals surface area contributed by atoms with Crippen molar-refractivity contribution in [2.75, 3.05) is 19.0 Å². The van der Waals surface area contributed by atoms with Gasteiger partial charge in [0.05, 0.1) is 25.4 Å². The number of hydrogen-bond acceptors (Lipinski definition) is 4. The molecule has 0 amide bonds. The molecule has 0 radical (unpaired) electrons. The monoisotopic (exact) mass is 330 g/mol. The van der Waals surface area contributed by atoms with Gasteiger partial charge in [0, 0.05) is 10.5 Å². The molecule has 0 bridgehead atoms. The fraction of sp³-hybridized carbons (Fsp3) is 0.278. The number of hydrogen-bond donors (Lipinski definition) is 1. The van der Waals surface area contributed by atoms with Gasteiger partial charge in [-0.2, -0.15) is 0 Å². The molecule has 0 aromatic heterocycles. The quantitative estimate of drug-likeness (QED) is 0.824. The van der Waals surface area contributed by atoms with Crippen LogP contribution in [0.2, 0.25) is 0 Å². The van der Waals surface area contributed by atoms with Crippen LogP contribution in [0.1, 0.15) is 11.1 Å². The van der Waals surface area contributed by atoms with Crippen LogP contribution in [0.25, 0.3) is 0 Å². The number of carboxylic acid groups (broad SMARTS) is 1. The maximum absolute atomic E-state index is 11.0. The van der Waals surface area contributed by atoms with Crippen molar-refractivity contribution in [3.63, 3.8) is 0 Å². The van der Waals surface area contributed by atoms with Crippen LogP contribution in [0, 0.1) is 0 Å². The lowest BCUT2D eigenvalue weighted by Gasteiger charge is -2.27. The first-order valence-electron chi connectivity index (χ1n) is 7.45. The number of ether oxygens (including phenoxy) is 2. The first-order valence-corrected chi connectivity index (χ1v) is 8.44. The van der Waals surface area contributed by atoms with E-state index in [1.54, 1.807) is 11.8 Å². The van der Waals surface area contributed by atoms with Gasteiger partial charge in [-0.15, -0.1) is 11.8 Å². The molecule has 1 fully saturated rings. The Balaban J connectivity index is 1.80. The summed E-state index contributed by atoms with van der Waals surface area (Å²) in [5, 5.41) is 9.04. The van der Waals surface area contributed by atoms with Gasteiger partial charge in [0.2, 0.25) is 5.79 Å². The molecular weight excluding hydrogens is 312 g/mol. The van der Waals surface area contributed by atoms with Crippen molar-refractivity contribution in [1.82, 2.24) is 0 Å². The second kappa shape index (κ2) is 7.17. The summed E-state index contributed by atoms with van der Waals surface area (Å²) in [6.07, 6.45) is 0.0171. The molecule has 0 spiro atoms. The normalized spacial score (nSPS) is 16.3. The first kappa shape index (κ1) is 16.1. The van der Waals surface area contributed by atoms with Gasteiger partial charge in [0.15, 0.2) is 0 Å². The van der Waals surface area contributed by atoms with Gasteiger partial charge in [-0.05, 0) is 11.6 Å². The number of benzene rings is 2. The molecule has 5 heteroatoms. The molecule has 2 aromatic carbocycles. The van der Waals surface area contributed by atoms with E-state index in [1.165, 1.54) is 0 Å². The third-order valence-corrected chi connectivity index (χ3v) is 4.93. The van der Waals surface area contributed by atoms with Crippen LogP contribution in [-0.2, 0) is 26.5 Å². The van der Waals surface area contributed by atoms with Crippen LogP contribution >= 0.6 is 11.8 Å². The van der Waals surface area contributed by atoms with Gasteiger partial charge < -0.3 is 14.6 Å². The van der Waals surface area contributed by atoms with Crippen LogP contribution in [0.5, 0.6) is 0 Å². The van der Waals surface area contributed by atoms with Crippen LogP contribution in [0.15, 0.2) is 59.5 Å². The second-order valence-electron chi connectivity index (χ2n) is 5.28. The van der Waals surface area contributed by atoms with Crippen LogP contribution in [0.4, 0.5) is 0 Å². The van der Waals surface area contributed by atoms with Crippen molar-refractivity contribution in [3.05, 3.63) is 65.7 Å². The Morgan fingerprint density at radius 3 is 2.39 bits per heavy atom. The molecule has 1 heterocycles. The minimum Gasteiger partial charge on any atom is -0.481 e. The zero-order valence-corrected chi connectivity index (χ0v) is 13.4. The minimum absolute atomic E-state index is 0.0171. The van der Waals surface area contributed by atoms with Crippen LogP contribution in [0.3, 0.4) is 0 Å². The lowest BCUT2D eigenvalue weighted by atomic mass is 10.1. The van der Waals surface area contributed by atoms with Gasteiger partial charge in [-0.3, -0.25) is 4.79 Å². The number of carboxylic acids is 1. The Bertz CT molecular complexity index is 666. The largest absolute Gasteiger partial charge is 0.481 e. The van der Waals surface area contributed by atoms with E-state index in [0.29, 0.717) is 19.0 Å². The third kappa shape index (κ3) is 3.75. The van der Waals surface area contributed by atoms with Gasteiger partial charge in [-0.25, -0.2) is 0 Å².